The zero-order valence-corrected chi connectivity index (χ0v) is 13.5. The van der Waals surface area contributed by atoms with E-state index in [1.165, 1.54) is 5.56 Å². The van der Waals surface area contributed by atoms with Crippen molar-refractivity contribution in [1.29, 1.82) is 0 Å². The summed E-state index contributed by atoms with van der Waals surface area (Å²) in [5.74, 6) is 0. The van der Waals surface area contributed by atoms with Crippen molar-refractivity contribution in [1.82, 2.24) is 5.32 Å². The van der Waals surface area contributed by atoms with E-state index in [-0.39, 0.29) is 18.1 Å². The Morgan fingerprint density at radius 2 is 1.71 bits per heavy atom. The van der Waals surface area contributed by atoms with Crippen LogP contribution in [0, 0.1) is 0 Å². The largest absolute Gasteiger partial charge is 0.374 e. The first-order chi connectivity index (χ1) is 9.84. The fourth-order valence-electron chi connectivity index (χ4n) is 2.08. The van der Waals surface area contributed by atoms with E-state index in [1.807, 2.05) is 0 Å². The quantitative estimate of drug-likeness (QED) is 0.772. The van der Waals surface area contributed by atoms with Crippen LogP contribution in [0.5, 0.6) is 0 Å². The molecule has 2 nitrogen and oxygen atoms in total. The summed E-state index contributed by atoms with van der Waals surface area (Å²) >= 11 is 0. The molecule has 1 rings (SSSR count). The Kier molecular flexibility index (Phi) is 7.26. The van der Waals surface area contributed by atoms with E-state index < -0.39 is 13.0 Å². The third-order valence-electron chi connectivity index (χ3n) is 3.35. The van der Waals surface area contributed by atoms with E-state index in [0.717, 1.165) is 18.5 Å². The Balaban J connectivity index is 2.72. The normalized spacial score (nSPS) is 13.7. The Morgan fingerprint density at radius 1 is 1.10 bits per heavy atom. The first kappa shape index (κ1) is 18.1. The van der Waals surface area contributed by atoms with Crippen molar-refractivity contribution in [3.05, 3.63) is 35.4 Å². The molecule has 1 atom stereocenters. The van der Waals surface area contributed by atoms with Gasteiger partial charge >= 0.3 is 0 Å². The van der Waals surface area contributed by atoms with Gasteiger partial charge in [0, 0.05) is 0 Å². The van der Waals surface area contributed by atoms with Crippen LogP contribution in [0.15, 0.2) is 24.3 Å². The molecule has 0 heterocycles. The number of benzene rings is 1. The van der Waals surface area contributed by atoms with E-state index in [4.69, 9.17) is 4.74 Å². The van der Waals surface area contributed by atoms with Crippen LogP contribution in [0.2, 0.25) is 0 Å². The second kappa shape index (κ2) is 8.44. The summed E-state index contributed by atoms with van der Waals surface area (Å²) in [5.41, 5.74) is 2.44. The second-order valence-electron chi connectivity index (χ2n) is 6.31. The molecule has 0 saturated heterocycles. The van der Waals surface area contributed by atoms with Gasteiger partial charge in [0.1, 0.15) is 6.61 Å². The van der Waals surface area contributed by atoms with Crippen LogP contribution in [0.1, 0.15) is 51.3 Å². The SMILES string of the molecule is CCCNC(COCC(F)F)c1ccc(C(C)(C)C)cc1. The highest BCUT2D eigenvalue weighted by Crippen LogP contribution is 2.24. The van der Waals surface area contributed by atoms with Gasteiger partial charge in [0.2, 0.25) is 0 Å². The summed E-state index contributed by atoms with van der Waals surface area (Å²) in [4.78, 5) is 0. The molecule has 120 valence electrons. The molecule has 0 amide bonds. The minimum absolute atomic E-state index is 0.0438. The van der Waals surface area contributed by atoms with Gasteiger partial charge in [0.05, 0.1) is 12.6 Å². The van der Waals surface area contributed by atoms with Crippen LogP contribution in [0.3, 0.4) is 0 Å². The van der Waals surface area contributed by atoms with E-state index in [2.05, 4.69) is 57.3 Å². The molecule has 0 aliphatic rings. The molecule has 0 aliphatic heterocycles. The van der Waals surface area contributed by atoms with Crippen molar-refractivity contribution < 1.29 is 13.5 Å². The highest BCUT2D eigenvalue weighted by molar-refractivity contribution is 5.29. The Labute approximate surface area is 126 Å². The van der Waals surface area contributed by atoms with Crippen LogP contribution in [0.25, 0.3) is 0 Å². The molecule has 0 bridgehead atoms. The predicted octanol–water partition coefficient (Wildman–Crippen LogP) is 4.31. The standard InChI is InChI=1S/C17H27F2NO/c1-5-10-20-15(11-21-12-16(18)19)13-6-8-14(9-7-13)17(2,3)4/h6-9,15-16,20H,5,10-12H2,1-4H3. The van der Waals surface area contributed by atoms with Crippen LogP contribution >= 0.6 is 0 Å². The number of hydrogen-bond acceptors (Lipinski definition) is 2. The van der Waals surface area contributed by atoms with Gasteiger partial charge in [-0.3, -0.25) is 0 Å². The number of halogens is 2. The maximum absolute atomic E-state index is 12.2. The van der Waals surface area contributed by atoms with E-state index >= 15 is 0 Å². The average Bonchev–Trinajstić information content (AvgIpc) is 2.41. The molecule has 1 unspecified atom stereocenters. The highest BCUT2D eigenvalue weighted by atomic mass is 19.3. The second-order valence-corrected chi connectivity index (χ2v) is 6.31. The summed E-state index contributed by atoms with van der Waals surface area (Å²) in [6, 6.07) is 8.27. The molecule has 1 aromatic rings. The van der Waals surface area contributed by atoms with Gasteiger partial charge in [-0.15, -0.1) is 0 Å². The lowest BCUT2D eigenvalue weighted by atomic mass is 9.86. The van der Waals surface area contributed by atoms with Crippen LogP contribution in [-0.4, -0.2) is 26.2 Å². The molecule has 4 heteroatoms. The molecule has 1 N–H and O–H groups in total. The molecule has 0 aliphatic carbocycles. The van der Waals surface area contributed by atoms with Gasteiger partial charge in [-0.05, 0) is 29.5 Å². The summed E-state index contributed by atoms with van der Waals surface area (Å²) in [7, 11) is 0. The molecule has 0 radical (unpaired) electrons. The Hall–Kier alpha value is -1.00. The van der Waals surface area contributed by atoms with Crippen molar-refractivity contribution in [2.75, 3.05) is 19.8 Å². The Morgan fingerprint density at radius 3 is 2.19 bits per heavy atom. The lowest BCUT2D eigenvalue weighted by molar-refractivity contribution is 0.00921. The molecular formula is C17H27F2NO. The summed E-state index contributed by atoms with van der Waals surface area (Å²) in [6.45, 7) is 9.17. The van der Waals surface area contributed by atoms with E-state index in [9.17, 15) is 8.78 Å². The van der Waals surface area contributed by atoms with Crippen molar-refractivity contribution in [2.45, 2.75) is 52.0 Å². The molecule has 0 aromatic heterocycles. The zero-order chi connectivity index (χ0) is 15.9. The van der Waals surface area contributed by atoms with E-state index in [0.29, 0.717) is 0 Å². The van der Waals surface area contributed by atoms with Gasteiger partial charge in [-0.25, -0.2) is 8.78 Å². The molecule has 21 heavy (non-hydrogen) atoms. The minimum atomic E-state index is -2.42. The van der Waals surface area contributed by atoms with Crippen LogP contribution in [0.4, 0.5) is 8.78 Å². The fraction of sp³-hybridized carbons (Fsp3) is 0.647. The first-order valence-electron chi connectivity index (χ1n) is 7.54. The lowest BCUT2D eigenvalue weighted by Gasteiger charge is -2.22. The molecule has 0 saturated carbocycles. The molecule has 0 fully saturated rings. The third-order valence-corrected chi connectivity index (χ3v) is 3.35. The summed E-state index contributed by atoms with van der Waals surface area (Å²) in [6.07, 6.45) is -1.43. The van der Waals surface area contributed by atoms with Crippen LogP contribution in [-0.2, 0) is 10.2 Å². The predicted molar refractivity (Wildman–Crippen MR) is 83.0 cm³/mol. The average molecular weight is 299 g/mol. The van der Waals surface area contributed by atoms with Crippen molar-refractivity contribution in [3.63, 3.8) is 0 Å². The van der Waals surface area contributed by atoms with Crippen LogP contribution < -0.4 is 5.32 Å². The molecule has 0 spiro atoms. The summed E-state index contributed by atoms with van der Waals surface area (Å²) < 4.78 is 29.5. The van der Waals surface area contributed by atoms with Gasteiger partial charge in [0.15, 0.2) is 0 Å². The first-order valence-corrected chi connectivity index (χ1v) is 7.54. The van der Waals surface area contributed by atoms with Gasteiger partial charge in [0.25, 0.3) is 6.43 Å². The minimum Gasteiger partial charge on any atom is -0.374 e. The fourth-order valence-corrected chi connectivity index (χ4v) is 2.08. The number of ether oxygens (including phenoxy) is 1. The zero-order valence-electron chi connectivity index (χ0n) is 13.5. The van der Waals surface area contributed by atoms with Crippen molar-refractivity contribution in [2.24, 2.45) is 0 Å². The number of hydrogen-bond donors (Lipinski definition) is 1. The molecule has 1 aromatic carbocycles. The topological polar surface area (TPSA) is 21.3 Å². The highest BCUT2D eigenvalue weighted by Gasteiger charge is 2.16. The van der Waals surface area contributed by atoms with Crippen molar-refractivity contribution in [3.8, 4) is 0 Å². The van der Waals surface area contributed by atoms with Crippen molar-refractivity contribution >= 4 is 0 Å². The van der Waals surface area contributed by atoms with Gasteiger partial charge in [-0.2, -0.15) is 0 Å². The maximum Gasteiger partial charge on any atom is 0.261 e. The number of alkyl halides is 2. The number of rotatable bonds is 8. The van der Waals surface area contributed by atoms with Gasteiger partial charge < -0.3 is 10.1 Å². The van der Waals surface area contributed by atoms with Gasteiger partial charge in [-0.1, -0.05) is 52.0 Å². The Bertz CT molecular complexity index is 398. The third kappa shape index (κ3) is 6.53. The lowest BCUT2D eigenvalue weighted by Crippen LogP contribution is -2.27. The monoisotopic (exact) mass is 299 g/mol. The molecular weight excluding hydrogens is 272 g/mol. The smallest absolute Gasteiger partial charge is 0.261 e. The summed E-state index contributed by atoms with van der Waals surface area (Å²) in [5, 5.41) is 3.35. The maximum atomic E-state index is 12.2. The number of nitrogens with one attached hydrogen (secondary N) is 1. The van der Waals surface area contributed by atoms with E-state index in [1.54, 1.807) is 0 Å².